The molecular formula is C13H14ClF2N3O. The molecule has 0 atom stereocenters. The van der Waals surface area contributed by atoms with E-state index >= 15 is 0 Å². The van der Waals surface area contributed by atoms with Crippen LogP contribution in [0.25, 0.3) is 11.5 Å². The Hall–Kier alpha value is -1.53. The van der Waals surface area contributed by atoms with Gasteiger partial charge in [0, 0.05) is 0 Å². The van der Waals surface area contributed by atoms with E-state index < -0.39 is 17.2 Å². The number of rotatable bonds is 4. The molecule has 0 radical (unpaired) electrons. The van der Waals surface area contributed by atoms with E-state index in [1.807, 2.05) is 13.8 Å². The van der Waals surface area contributed by atoms with Crippen LogP contribution in [-0.4, -0.2) is 10.1 Å². The molecule has 0 amide bonds. The Morgan fingerprint density at radius 3 is 2.50 bits per heavy atom. The van der Waals surface area contributed by atoms with Gasteiger partial charge in [-0.05, 0) is 25.0 Å². The standard InChI is InChI=1S/C13H14ClF2N3O/c1-3-13(17,4-2)12-18-11(20-19-12)7-5-10(16)8(14)6-9(7)15/h5-6H,3-4,17H2,1-2H3. The van der Waals surface area contributed by atoms with E-state index in [-0.39, 0.29) is 22.3 Å². The summed E-state index contributed by atoms with van der Waals surface area (Å²) < 4.78 is 32.2. The SMILES string of the molecule is CCC(N)(CC)c1noc(-c2cc(F)c(Cl)cc2F)n1. The average Bonchev–Trinajstić information content (AvgIpc) is 2.92. The van der Waals surface area contributed by atoms with Crippen molar-refractivity contribution < 1.29 is 13.3 Å². The molecule has 0 saturated carbocycles. The molecular weight excluding hydrogens is 288 g/mol. The first kappa shape index (κ1) is 14.9. The molecule has 1 aromatic carbocycles. The third kappa shape index (κ3) is 2.53. The lowest BCUT2D eigenvalue weighted by atomic mass is 9.93. The smallest absolute Gasteiger partial charge is 0.261 e. The van der Waals surface area contributed by atoms with Gasteiger partial charge in [0.05, 0.1) is 16.1 Å². The molecule has 0 aliphatic heterocycles. The van der Waals surface area contributed by atoms with Crippen LogP contribution in [0.5, 0.6) is 0 Å². The van der Waals surface area contributed by atoms with Crippen LogP contribution in [0.3, 0.4) is 0 Å². The van der Waals surface area contributed by atoms with Gasteiger partial charge in [0.15, 0.2) is 5.82 Å². The molecule has 0 aliphatic rings. The Kier molecular flexibility index (Phi) is 4.06. The van der Waals surface area contributed by atoms with Crippen molar-refractivity contribution in [3.63, 3.8) is 0 Å². The zero-order chi connectivity index (χ0) is 14.9. The van der Waals surface area contributed by atoms with E-state index in [0.29, 0.717) is 12.8 Å². The van der Waals surface area contributed by atoms with Gasteiger partial charge < -0.3 is 10.3 Å². The van der Waals surface area contributed by atoms with Crippen molar-refractivity contribution in [1.82, 2.24) is 10.1 Å². The van der Waals surface area contributed by atoms with Gasteiger partial charge >= 0.3 is 0 Å². The van der Waals surface area contributed by atoms with E-state index in [0.717, 1.165) is 12.1 Å². The fraction of sp³-hybridized carbons (Fsp3) is 0.385. The maximum Gasteiger partial charge on any atom is 0.261 e. The third-order valence-electron chi connectivity index (χ3n) is 3.37. The van der Waals surface area contributed by atoms with Crippen LogP contribution in [-0.2, 0) is 5.54 Å². The first-order valence-corrected chi connectivity index (χ1v) is 6.57. The predicted molar refractivity (Wildman–Crippen MR) is 71.1 cm³/mol. The molecule has 0 spiro atoms. The minimum Gasteiger partial charge on any atom is -0.334 e. The van der Waals surface area contributed by atoms with Crippen molar-refractivity contribution >= 4 is 11.6 Å². The summed E-state index contributed by atoms with van der Waals surface area (Å²) in [7, 11) is 0. The number of benzene rings is 1. The molecule has 2 aromatic rings. The number of aromatic nitrogens is 2. The van der Waals surface area contributed by atoms with Crippen LogP contribution in [0.15, 0.2) is 16.7 Å². The molecule has 0 fully saturated rings. The molecule has 2 rings (SSSR count). The van der Waals surface area contributed by atoms with Crippen LogP contribution < -0.4 is 5.73 Å². The van der Waals surface area contributed by atoms with E-state index in [4.69, 9.17) is 21.9 Å². The molecule has 108 valence electrons. The fourth-order valence-corrected chi connectivity index (χ4v) is 1.94. The van der Waals surface area contributed by atoms with Crippen molar-refractivity contribution in [2.24, 2.45) is 5.73 Å². The van der Waals surface area contributed by atoms with Gasteiger partial charge in [0.25, 0.3) is 5.89 Å². The zero-order valence-corrected chi connectivity index (χ0v) is 11.8. The van der Waals surface area contributed by atoms with Crippen molar-refractivity contribution in [2.75, 3.05) is 0 Å². The van der Waals surface area contributed by atoms with Crippen LogP contribution in [0.2, 0.25) is 5.02 Å². The summed E-state index contributed by atoms with van der Waals surface area (Å²) in [5, 5.41) is 3.46. The predicted octanol–water partition coefficient (Wildman–Crippen LogP) is 3.64. The van der Waals surface area contributed by atoms with Gasteiger partial charge in [0.1, 0.15) is 11.6 Å². The van der Waals surface area contributed by atoms with Gasteiger partial charge in [-0.1, -0.05) is 30.6 Å². The van der Waals surface area contributed by atoms with Crippen molar-refractivity contribution in [2.45, 2.75) is 32.2 Å². The summed E-state index contributed by atoms with van der Waals surface area (Å²) in [5.41, 5.74) is 5.24. The number of nitrogens with zero attached hydrogens (tertiary/aromatic N) is 2. The topological polar surface area (TPSA) is 64.9 Å². The zero-order valence-electron chi connectivity index (χ0n) is 11.1. The van der Waals surface area contributed by atoms with Gasteiger partial charge in [-0.2, -0.15) is 4.98 Å². The van der Waals surface area contributed by atoms with Gasteiger partial charge in [-0.25, -0.2) is 8.78 Å². The van der Waals surface area contributed by atoms with Crippen molar-refractivity contribution in [3.05, 3.63) is 34.6 Å². The lowest BCUT2D eigenvalue weighted by Crippen LogP contribution is -2.36. The molecule has 7 heteroatoms. The highest BCUT2D eigenvalue weighted by Gasteiger charge is 2.29. The van der Waals surface area contributed by atoms with E-state index in [1.165, 1.54) is 0 Å². The summed E-state index contributed by atoms with van der Waals surface area (Å²) >= 11 is 5.49. The Morgan fingerprint density at radius 1 is 1.25 bits per heavy atom. The average molecular weight is 302 g/mol. The van der Waals surface area contributed by atoms with Crippen LogP contribution >= 0.6 is 11.6 Å². The molecule has 0 unspecified atom stereocenters. The van der Waals surface area contributed by atoms with Crippen molar-refractivity contribution in [1.29, 1.82) is 0 Å². The lowest BCUT2D eigenvalue weighted by molar-refractivity contribution is 0.350. The first-order valence-electron chi connectivity index (χ1n) is 6.19. The summed E-state index contributed by atoms with van der Waals surface area (Å²) in [5.74, 6) is -1.34. The van der Waals surface area contributed by atoms with Crippen LogP contribution in [0.4, 0.5) is 8.78 Å². The van der Waals surface area contributed by atoms with Crippen LogP contribution in [0, 0.1) is 11.6 Å². The molecule has 0 aliphatic carbocycles. The Balaban J connectivity index is 2.46. The van der Waals surface area contributed by atoms with Gasteiger partial charge in [-0.3, -0.25) is 0 Å². The number of hydrogen-bond acceptors (Lipinski definition) is 4. The lowest BCUT2D eigenvalue weighted by Gasteiger charge is -2.21. The molecule has 1 aromatic heterocycles. The van der Waals surface area contributed by atoms with Gasteiger partial charge in [0.2, 0.25) is 0 Å². The summed E-state index contributed by atoms with van der Waals surface area (Å²) in [6, 6.07) is 1.79. The number of nitrogens with two attached hydrogens (primary N) is 1. The molecule has 20 heavy (non-hydrogen) atoms. The van der Waals surface area contributed by atoms with Gasteiger partial charge in [-0.15, -0.1) is 0 Å². The summed E-state index contributed by atoms with van der Waals surface area (Å²) in [6.45, 7) is 3.78. The summed E-state index contributed by atoms with van der Waals surface area (Å²) in [4.78, 5) is 4.07. The quantitative estimate of drug-likeness (QED) is 0.876. The van der Waals surface area contributed by atoms with E-state index in [2.05, 4.69) is 10.1 Å². The Bertz CT molecular complexity index is 626. The molecule has 4 nitrogen and oxygen atoms in total. The van der Waals surface area contributed by atoms with E-state index in [9.17, 15) is 8.78 Å². The minimum atomic E-state index is -0.757. The molecule has 1 heterocycles. The van der Waals surface area contributed by atoms with E-state index in [1.54, 1.807) is 0 Å². The number of hydrogen-bond donors (Lipinski definition) is 1. The monoisotopic (exact) mass is 301 g/mol. The summed E-state index contributed by atoms with van der Waals surface area (Å²) in [6.07, 6.45) is 1.19. The third-order valence-corrected chi connectivity index (χ3v) is 3.66. The Labute approximate surface area is 119 Å². The minimum absolute atomic E-state index is 0.121. The van der Waals surface area contributed by atoms with Crippen LogP contribution in [0.1, 0.15) is 32.5 Å². The number of halogens is 3. The molecule has 0 saturated heterocycles. The molecule has 0 bridgehead atoms. The highest BCUT2D eigenvalue weighted by Crippen LogP contribution is 2.29. The molecule has 2 N–H and O–H groups in total. The largest absolute Gasteiger partial charge is 0.334 e. The fourth-order valence-electron chi connectivity index (χ4n) is 1.79. The Morgan fingerprint density at radius 2 is 1.90 bits per heavy atom. The maximum atomic E-state index is 13.8. The highest BCUT2D eigenvalue weighted by atomic mass is 35.5. The maximum absolute atomic E-state index is 13.8. The second-order valence-corrected chi connectivity index (χ2v) is 4.94. The highest BCUT2D eigenvalue weighted by molar-refractivity contribution is 6.30. The first-order chi connectivity index (χ1) is 9.41. The normalized spacial score (nSPS) is 11.9. The second-order valence-electron chi connectivity index (χ2n) is 4.53. The second kappa shape index (κ2) is 5.46. The van der Waals surface area contributed by atoms with Crippen molar-refractivity contribution in [3.8, 4) is 11.5 Å².